The van der Waals surface area contributed by atoms with E-state index in [1.54, 1.807) is 0 Å². The number of rotatable bonds is 9. The van der Waals surface area contributed by atoms with Gasteiger partial charge in [0.05, 0.1) is 57.3 Å². The maximum absolute atomic E-state index is 11.9. The molecule has 0 unspecified atom stereocenters. The minimum Gasteiger partial charge on any atom is -0.379 e. The van der Waals surface area contributed by atoms with Gasteiger partial charge >= 0.3 is 0 Å². The number of hydrogen-bond donors (Lipinski definition) is 0. The van der Waals surface area contributed by atoms with Crippen LogP contribution in [0.4, 0.5) is 0 Å². The number of benzene rings is 10. The van der Waals surface area contributed by atoms with Gasteiger partial charge in [-0.05, 0) is 235 Å². The second kappa shape index (κ2) is 35.4. The highest BCUT2D eigenvalue weighted by molar-refractivity contribution is 9.12. The summed E-state index contributed by atoms with van der Waals surface area (Å²) in [6, 6.07) is 66.2. The van der Waals surface area contributed by atoms with E-state index in [4.69, 9.17) is 4.74 Å². The summed E-state index contributed by atoms with van der Waals surface area (Å²) in [5.74, 6) is 1.46. The van der Waals surface area contributed by atoms with E-state index in [1.165, 1.54) is 161 Å². The fourth-order valence-electron chi connectivity index (χ4n) is 18.1. The van der Waals surface area contributed by atoms with Crippen LogP contribution in [0.2, 0.25) is 0 Å². The highest BCUT2D eigenvalue weighted by Crippen LogP contribution is 2.56. The molecule has 11 nitrogen and oxygen atoms in total. The van der Waals surface area contributed by atoms with Crippen molar-refractivity contribution in [2.24, 2.45) is 5.92 Å². The van der Waals surface area contributed by atoms with E-state index in [2.05, 4.69) is 388 Å². The number of piperidine rings is 2. The molecule has 6 aliphatic rings. The smallest absolute Gasteiger partial charge is 0.222 e. The van der Waals surface area contributed by atoms with Crippen LogP contribution in [0.3, 0.4) is 0 Å². The zero-order chi connectivity index (χ0) is 77.6. The van der Waals surface area contributed by atoms with Crippen molar-refractivity contribution in [3.8, 4) is 11.1 Å². The Hall–Kier alpha value is -4.82. The second-order valence-corrected chi connectivity index (χ2v) is 40.0. The van der Waals surface area contributed by atoms with Gasteiger partial charge in [0, 0.05) is 171 Å². The molecule has 2 aliphatic carbocycles. The highest BCUT2D eigenvalue weighted by Gasteiger charge is 2.45. The molecule has 4 aliphatic heterocycles. The third kappa shape index (κ3) is 17.3. The third-order valence-electron chi connectivity index (χ3n) is 23.9. The average molecular weight is 2140 g/mol. The van der Waals surface area contributed by atoms with Gasteiger partial charge in [0.15, 0.2) is 0 Å². The van der Waals surface area contributed by atoms with Gasteiger partial charge in [-0.15, -0.1) is 0 Å². The summed E-state index contributed by atoms with van der Waals surface area (Å²) < 4.78 is 26.5. The van der Waals surface area contributed by atoms with E-state index in [1.807, 2.05) is 4.90 Å². The van der Waals surface area contributed by atoms with Crippen LogP contribution in [0, 0.1) is 5.92 Å². The monoisotopic (exact) mass is 2130 g/mol. The van der Waals surface area contributed by atoms with E-state index >= 15 is 0 Å². The number of carbonyl (C=O) groups excluding carboxylic acids is 2. The van der Waals surface area contributed by atoms with Crippen molar-refractivity contribution >= 4 is 258 Å². The lowest BCUT2D eigenvalue weighted by Gasteiger charge is -2.35. The first-order chi connectivity index (χ1) is 54.2. The Bertz CT molecular complexity index is 5600. The van der Waals surface area contributed by atoms with E-state index < -0.39 is 0 Å². The molecule has 0 N–H and O–H groups in total. The topological polar surface area (TPSA) is 76.0 Å². The first-order valence-electron chi connectivity index (χ1n) is 38.8. The van der Waals surface area contributed by atoms with Crippen LogP contribution in [0.5, 0.6) is 0 Å². The molecule has 21 heteroatoms. The Kier molecular flexibility index (Phi) is 25.6. The van der Waals surface area contributed by atoms with E-state index in [-0.39, 0.29) is 11.3 Å². The zero-order valence-electron chi connectivity index (χ0n) is 62.5. The van der Waals surface area contributed by atoms with Crippen LogP contribution in [-0.2, 0) is 39.4 Å². The van der Waals surface area contributed by atoms with Gasteiger partial charge in [0.2, 0.25) is 5.91 Å². The average Bonchev–Trinajstić information content (AvgIpc) is 1.57. The van der Waals surface area contributed by atoms with Crippen LogP contribution >= 0.6 is 159 Å². The molecule has 20 rings (SSSR count). The highest BCUT2D eigenvalue weighted by atomic mass is 79.9. The molecule has 0 atom stereocenters. The van der Waals surface area contributed by atoms with Gasteiger partial charge in [-0.3, -0.25) is 14.5 Å². The van der Waals surface area contributed by atoms with Crippen LogP contribution in [0.25, 0.3) is 98.4 Å². The number of nitrogens with zero attached hydrogens (tertiary/aromatic N) is 8. The number of amides is 1. The molecule has 4 aromatic heterocycles. The number of Topliss-reactive ketones (excluding diaryl/α,β-unsaturated/α-hetero) is 1. The summed E-state index contributed by atoms with van der Waals surface area (Å²) >= 11 is 36.2. The van der Waals surface area contributed by atoms with Crippen molar-refractivity contribution in [3.63, 3.8) is 0 Å². The predicted molar refractivity (Wildman–Crippen MR) is 500 cm³/mol. The minimum absolute atomic E-state index is 0.0200. The number of ketones is 1. The van der Waals surface area contributed by atoms with E-state index in [0.29, 0.717) is 31.1 Å². The Balaban J connectivity index is 0.000000106. The lowest BCUT2D eigenvalue weighted by atomic mass is 9.67. The molecule has 1 saturated carbocycles. The molecule has 10 aromatic carbocycles. The van der Waals surface area contributed by atoms with Crippen molar-refractivity contribution in [3.05, 3.63) is 238 Å². The number of carbonyl (C=O) groups is 2. The third-order valence-corrected chi connectivity index (χ3v) is 28.8. The summed E-state index contributed by atoms with van der Waals surface area (Å²) in [4.78, 5) is 32.9. The maximum Gasteiger partial charge on any atom is 0.222 e. The van der Waals surface area contributed by atoms with Crippen molar-refractivity contribution in [1.29, 1.82) is 0 Å². The van der Waals surface area contributed by atoms with Crippen LogP contribution in [-0.4, -0.2) is 136 Å². The van der Waals surface area contributed by atoms with Gasteiger partial charge in [0.1, 0.15) is 5.78 Å². The molecular weight excluding hydrogens is 2050 g/mol. The molecule has 4 saturated heterocycles. The Morgan fingerprint density at radius 3 is 1.06 bits per heavy atom. The van der Waals surface area contributed by atoms with Gasteiger partial charge in [-0.2, -0.15) is 0 Å². The number of halogens is 10. The fraction of sp³-hybridized carbons (Fsp3) is 0.319. The molecule has 5 fully saturated rings. The van der Waals surface area contributed by atoms with Crippen molar-refractivity contribution in [1.82, 2.24) is 37.9 Å². The number of likely N-dealkylation sites (tertiary alicyclic amines) is 3. The molecule has 112 heavy (non-hydrogen) atoms. The van der Waals surface area contributed by atoms with Crippen molar-refractivity contribution in [2.75, 3.05) is 86.2 Å². The maximum atomic E-state index is 11.9. The first kappa shape index (κ1) is 80.9. The molecule has 578 valence electrons. The summed E-state index contributed by atoms with van der Waals surface area (Å²) in [6.45, 7) is 14.2. The Morgan fingerprint density at radius 2 is 0.688 bits per heavy atom. The summed E-state index contributed by atoms with van der Waals surface area (Å²) in [5.41, 5.74) is 15.8. The standard InChI is InChI=1S/C19H20Br2N2.C18H18Br2N2O.C18H16Br2N2O.C18H18Br2N2.C18H14Br2O/c1-22-8-6-13(7-9-22)12-23-18-10-14(20)2-4-16(18)17-5-3-15(21)11-19(17)23;19-13-1-3-15-16-4-2-14(20)12-18(16)22(17(15)11-13)6-5-21-7-9-23-10-8-21;19-12-3-5-14-15-6-4-13(20)11-17(15)22(16(14)10-12)9-8-21-7-1-2-18(21)23;1-21-8-6-14(7-9-21)22-17-10-12(19)2-4-15(17)16-5-3-13(20)11-18(16)22;19-11-1-3-14-15-4-2-12(20)10-17(15)18(16(14)9-11)7-5-13(21)6-8-18/h2-5,10-11,13H,6-9,12H2,1H3;1-4,11-12H,5-10H2;3-6,10-11H,1-2,7-9H2;2-5,10-11,14H,6-9H2,1H3;1-4,9-10H,5-8H2. The number of fused-ring (bicyclic) bond motifs is 17. The van der Waals surface area contributed by atoms with Gasteiger partial charge in [-0.25, -0.2) is 0 Å². The van der Waals surface area contributed by atoms with E-state index in [9.17, 15) is 9.59 Å². The van der Waals surface area contributed by atoms with Gasteiger partial charge < -0.3 is 37.7 Å². The molecule has 1 spiro atoms. The van der Waals surface area contributed by atoms with E-state index in [0.717, 1.165) is 135 Å². The van der Waals surface area contributed by atoms with Gasteiger partial charge in [0.25, 0.3) is 0 Å². The largest absolute Gasteiger partial charge is 0.379 e. The number of morpholine rings is 1. The van der Waals surface area contributed by atoms with Crippen LogP contribution < -0.4 is 0 Å². The lowest BCUT2D eigenvalue weighted by Crippen LogP contribution is -2.38. The molecular formula is C91H86Br10N8O3. The summed E-state index contributed by atoms with van der Waals surface area (Å²) in [5, 5.41) is 10.5. The summed E-state index contributed by atoms with van der Waals surface area (Å²) in [6.07, 6.45) is 9.95. The number of hydrogen-bond acceptors (Lipinski definition) is 6. The summed E-state index contributed by atoms with van der Waals surface area (Å²) in [7, 11) is 4.44. The predicted octanol–water partition coefficient (Wildman–Crippen LogP) is 26.5. The van der Waals surface area contributed by atoms with Crippen LogP contribution in [0.1, 0.15) is 81.4 Å². The Labute approximate surface area is 738 Å². The molecule has 0 radical (unpaired) electrons. The number of ether oxygens (including phenoxy) is 1. The molecule has 8 heterocycles. The molecule has 14 aromatic rings. The van der Waals surface area contributed by atoms with Crippen molar-refractivity contribution < 1.29 is 14.3 Å². The molecule has 1 amide bonds. The Morgan fingerprint density at radius 1 is 0.357 bits per heavy atom. The second-order valence-electron chi connectivity index (χ2n) is 30.8. The quantitative estimate of drug-likeness (QED) is 0.143. The fourth-order valence-corrected chi connectivity index (χ4v) is 21.6. The first-order valence-corrected chi connectivity index (χ1v) is 46.7. The minimum atomic E-state index is 0.0200. The number of aromatic nitrogens is 4. The lowest BCUT2D eigenvalue weighted by molar-refractivity contribution is -0.127. The SMILES string of the molecule is Brc1ccc2c3ccc(Br)cc3n(CCN3CCOCC3)c2c1.CN1CCC(Cn2c3cc(Br)ccc3c3ccc(Br)cc32)CC1.CN1CCC(n2c3cc(Br)ccc3c3ccc(Br)cc32)CC1.O=C1CCC2(CC1)c1cc(Br)ccc1-c1ccc(Br)cc12.O=C1CCCN1CCn1c2cc(Br)ccc2c2ccc(Br)cc21. The van der Waals surface area contributed by atoms with Crippen LogP contribution in [0.15, 0.2) is 227 Å². The normalized spacial score (nSPS) is 17.0. The van der Waals surface area contributed by atoms with Gasteiger partial charge in [-0.1, -0.05) is 220 Å². The zero-order valence-corrected chi connectivity index (χ0v) is 78.4. The van der Waals surface area contributed by atoms with Crippen molar-refractivity contribution in [2.45, 2.75) is 95.3 Å². The molecule has 0 bridgehead atoms.